The van der Waals surface area contributed by atoms with Crippen molar-refractivity contribution in [2.24, 2.45) is 0 Å². The van der Waals surface area contributed by atoms with Crippen molar-refractivity contribution in [1.29, 1.82) is 0 Å². The zero-order valence-corrected chi connectivity index (χ0v) is 6.84. The molecule has 0 amide bonds. The molecule has 0 radical (unpaired) electrons. The second kappa shape index (κ2) is 2.71. The molecule has 2 heterocycles. The average Bonchev–Trinajstić information content (AvgIpc) is 2.07. The normalized spacial score (nSPS) is 15.2. The van der Waals surface area contributed by atoms with Gasteiger partial charge >= 0.3 is 0 Å². The summed E-state index contributed by atoms with van der Waals surface area (Å²) in [6.45, 7) is 0.400. The molecule has 0 aliphatic carbocycles. The van der Waals surface area contributed by atoms with Crippen molar-refractivity contribution in [3.05, 3.63) is 17.2 Å². The van der Waals surface area contributed by atoms with E-state index in [4.69, 9.17) is 16.3 Å². The van der Waals surface area contributed by atoms with Gasteiger partial charge in [-0.3, -0.25) is 4.79 Å². The Hall–Kier alpha value is -1.16. The van der Waals surface area contributed by atoms with Crippen LogP contribution in [0.3, 0.4) is 0 Å². The number of ether oxygens (including phenoxy) is 1. The molecule has 1 aliphatic heterocycles. The molecule has 1 aromatic heterocycles. The molecule has 1 aliphatic rings. The summed E-state index contributed by atoms with van der Waals surface area (Å²) in [7, 11) is 0. The van der Waals surface area contributed by atoms with E-state index in [0.29, 0.717) is 24.5 Å². The minimum absolute atomic E-state index is 0.0412. The summed E-state index contributed by atoms with van der Waals surface area (Å²) in [4.78, 5) is 18.7. The summed E-state index contributed by atoms with van der Waals surface area (Å²) < 4.78 is 5.14. The molecule has 2 rings (SSSR count). The topological polar surface area (TPSA) is 52.1 Å². The minimum atomic E-state index is -0.0412. The third-order valence-electron chi connectivity index (χ3n) is 1.58. The molecule has 0 saturated heterocycles. The van der Waals surface area contributed by atoms with Crippen LogP contribution >= 0.6 is 11.6 Å². The van der Waals surface area contributed by atoms with Gasteiger partial charge in [0.15, 0.2) is 17.2 Å². The number of Topliss-reactive ketones (excluding diaryl/α,β-unsaturated/α-hetero) is 1. The Labute approximate surface area is 73.5 Å². The van der Waals surface area contributed by atoms with Crippen LogP contribution in [0.1, 0.15) is 16.9 Å². The lowest BCUT2D eigenvalue weighted by Gasteiger charge is -2.13. The highest BCUT2D eigenvalue weighted by Crippen LogP contribution is 2.22. The molecule has 0 bridgehead atoms. The van der Waals surface area contributed by atoms with Gasteiger partial charge in [0, 0.05) is 6.42 Å². The molecule has 5 heteroatoms. The maximum absolute atomic E-state index is 11.2. The zero-order valence-electron chi connectivity index (χ0n) is 6.08. The molecule has 62 valence electrons. The standard InChI is InChI=1S/C7H5ClN2O2/c8-7-9-3-5-6(10-7)4(11)1-2-12-5/h3H,1-2H2. The fourth-order valence-electron chi connectivity index (χ4n) is 1.03. The highest BCUT2D eigenvalue weighted by molar-refractivity contribution is 6.28. The van der Waals surface area contributed by atoms with Gasteiger partial charge in [-0.25, -0.2) is 9.97 Å². The molecule has 0 spiro atoms. The summed E-state index contributed by atoms with van der Waals surface area (Å²) in [5.41, 5.74) is 0.293. The molecule has 0 atom stereocenters. The second-order valence-corrected chi connectivity index (χ2v) is 2.71. The first-order chi connectivity index (χ1) is 5.77. The van der Waals surface area contributed by atoms with E-state index in [0.717, 1.165) is 0 Å². The molecule has 0 saturated carbocycles. The van der Waals surface area contributed by atoms with Crippen molar-refractivity contribution in [1.82, 2.24) is 9.97 Å². The fraction of sp³-hybridized carbons (Fsp3) is 0.286. The maximum atomic E-state index is 11.2. The maximum Gasteiger partial charge on any atom is 0.223 e. The molecular weight excluding hydrogens is 180 g/mol. The van der Waals surface area contributed by atoms with Gasteiger partial charge in [0.2, 0.25) is 5.28 Å². The third-order valence-corrected chi connectivity index (χ3v) is 1.76. The van der Waals surface area contributed by atoms with Crippen LogP contribution in [-0.4, -0.2) is 22.4 Å². The summed E-state index contributed by atoms with van der Waals surface area (Å²) in [5.74, 6) is 0.385. The van der Waals surface area contributed by atoms with Gasteiger partial charge in [-0.2, -0.15) is 0 Å². The van der Waals surface area contributed by atoms with Crippen molar-refractivity contribution >= 4 is 17.4 Å². The van der Waals surface area contributed by atoms with Crippen LogP contribution in [0.25, 0.3) is 0 Å². The predicted octanol–water partition coefficient (Wildman–Crippen LogP) is 1.10. The number of ketones is 1. The number of carbonyl (C=O) groups excluding carboxylic acids is 1. The van der Waals surface area contributed by atoms with Crippen LogP contribution in [0.15, 0.2) is 6.20 Å². The first kappa shape index (κ1) is 7.49. The highest BCUT2D eigenvalue weighted by Gasteiger charge is 2.20. The highest BCUT2D eigenvalue weighted by atomic mass is 35.5. The number of fused-ring (bicyclic) bond motifs is 1. The van der Waals surface area contributed by atoms with Gasteiger partial charge in [0.05, 0.1) is 12.8 Å². The number of rotatable bonds is 0. The Morgan fingerprint density at radius 2 is 2.42 bits per heavy atom. The molecule has 1 aromatic rings. The van der Waals surface area contributed by atoms with Gasteiger partial charge in [-0.15, -0.1) is 0 Å². The Balaban J connectivity index is 2.54. The van der Waals surface area contributed by atoms with E-state index < -0.39 is 0 Å². The van der Waals surface area contributed by atoms with Gasteiger partial charge in [-0.05, 0) is 11.6 Å². The first-order valence-electron chi connectivity index (χ1n) is 3.46. The van der Waals surface area contributed by atoms with Crippen molar-refractivity contribution in [2.75, 3.05) is 6.61 Å². The van der Waals surface area contributed by atoms with Gasteiger partial charge in [0.1, 0.15) is 0 Å². The summed E-state index contributed by atoms with van der Waals surface area (Å²) in [5, 5.41) is 0.0765. The van der Waals surface area contributed by atoms with Crippen LogP contribution in [0.2, 0.25) is 5.28 Å². The van der Waals surface area contributed by atoms with Gasteiger partial charge in [0.25, 0.3) is 0 Å². The summed E-state index contributed by atoms with van der Waals surface area (Å²) in [6, 6.07) is 0. The van der Waals surface area contributed by atoms with E-state index in [1.54, 1.807) is 0 Å². The molecule has 0 aromatic carbocycles. The number of hydrogen-bond acceptors (Lipinski definition) is 4. The first-order valence-corrected chi connectivity index (χ1v) is 3.84. The number of carbonyl (C=O) groups is 1. The SMILES string of the molecule is O=C1CCOc2cnc(Cl)nc21. The van der Waals surface area contributed by atoms with E-state index >= 15 is 0 Å². The minimum Gasteiger partial charge on any atom is -0.489 e. The Bertz CT molecular complexity index is 340. The van der Waals surface area contributed by atoms with Crippen LogP contribution in [0.5, 0.6) is 5.75 Å². The largest absolute Gasteiger partial charge is 0.489 e. The molecule has 0 unspecified atom stereocenters. The lowest BCUT2D eigenvalue weighted by Crippen LogP contribution is -2.17. The molecule has 12 heavy (non-hydrogen) atoms. The Morgan fingerprint density at radius 1 is 1.58 bits per heavy atom. The molecule has 0 N–H and O–H groups in total. The Morgan fingerprint density at radius 3 is 3.25 bits per heavy atom. The van der Waals surface area contributed by atoms with Crippen LogP contribution in [-0.2, 0) is 0 Å². The number of halogens is 1. The Kier molecular flexibility index (Phi) is 1.69. The molecule has 4 nitrogen and oxygen atoms in total. The molecular formula is C7H5ClN2O2. The van der Waals surface area contributed by atoms with Crippen molar-refractivity contribution in [3.8, 4) is 5.75 Å². The van der Waals surface area contributed by atoms with E-state index in [-0.39, 0.29) is 11.1 Å². The predicted molar refractivity (Wildman–Crippen MR) is 41.5 cm³/mol. The van der Waals surface area contributed by atoms with Crippen molar-refractivity contribution in [2.45, 2.75) is 6.42 Å². The smallest absolute Gasteiger partial charge is 0.223 e. The molecule has 0 fully saturated rings. The number of hydrogen-bond donors (Lipinski definition) is 0. The van der Waals surface area contributed by atoms with E-state index in [2.05, 4.69) is 9.97 Å². The van der Waals surface area contributed by atoms with Gasteiger partial charge in [-0.1, -0.05) is 0 Å². The number of aromatic nitrogens is 2. The van der Waals surface area contributed by atoms with E-state index in [1.165, 1.54) is 6.20 Å². The van der Waals surface area contributed by atoms with Crippen LogP contribution in [0, 0.1) is 0 Å². The number of nitrogens with zero attached hydrogens (tertiary/aromatic N) is 2. The van der Waals surface area contributed by atoms with Crippen LogP contribution in [0.4, 0.5) is 0 Å². The fourth-order valence-corrected chi connectivity index (χ4v) is 1.16. The van der Waals surface area contributed by atoms with Crippen LogP contribution < -0.4 is 4.74 Å². The summed E-state index contributed by atoms with van der Waals surface area (Å²) >= 11 is 5.51. The summed E-state index contributed by atoms with van der Waals surface area (Å²) in [6.07, 6.45) is 1.78. The lowest BCUT2D eigenvalue weighted by atomic mass is 10.2. The zero-order chi connectivity index (χ0) is 8.55. The lowest BCUT2D eigenvalue weighted by molar-refractivity contribution is 0.0926. The monoisotopic (exact) mass is 184 g/mol. The quantitative estimate of drug-likeness (QED) is 0.567. The van der Waals surface area contributed by atoms with E-state index in [9.17, 15) is 4.79 Å². The van der Waals surface area contributed by atoms with Gasteiger partial charge < -0.3 is 4.74 Å². The van der Waals surface area contributed by atoms with Crippen molar-refractivity contribution in [3.63, 3.8) is 0 Å². The second-order valence-electron chi connectivity index (χ2n) is 2.37. The third kappa shape index (κ3) is 1.14. The average molecular weight is 185 g/mol. The van der Waals surface area contributed by atoms with E-state index in [1.807, 2.05) is 0 Å². The van der Waals surface area contributed by atoms with Crippen molar-refractivity contribution < 1.29 is 9.53 Å².